The van der Waals surface area contributed by atoms with Crippen molar-refractivity contribution in [3.05, 3.63) is 24.3 Å². The van der Waals surface area contributed by atoms with Crippen LogP contribution in [0.3, 0.4) is 0 Å². The molecule has 1 aromatic carbocycles. The number of aliphatic hydroxyl groups excluding tert-OH is 1. The van der Waals surface area contributed by atoms with E-state index in [2.05, 4.69) is 16.6 Å². The molecule has 1 rings (SSSR count). The van der Waals surface area contributed by atoms with Crippen LogP contribution in [0.5, 0.6) is 0 Å². The Balaban J connectivity index is 0. The van der Waals surface area contributed by atoms with Gasteiger partial charge in [-0.2, -0.15) is 0 Å². The Bertz CT molecular complexity index is 379. The first-order chi connectivity index (χ1) is 10.7. The molecule has 0 radical (unpaired) electrons. The minimum absolute atomic E-state index is 0.319. The van der Waals surface area contributed by atoms with Crippen molar-refractivity contribution in [1.29, 1.82) is 0 Å². The monoisotopic (exact) mass is 308 g/mol. The number of nitrogens with zero attached hydrogens (tertiary/aromatic N) is 2. The van der Waals surface area contributed by atoms with Gasteiger partial charge in [-0.3, -0.25) is 4.99 Å². The molecule has 4 heteroatoms. The normalized spacial score (nSPS) is 8.77. The van der Waals surface area contributed by atoms with E-state index in [0.717, 1.165) is 43.5 Å². The van der Waals surface area contributed by atoms with Gasteiger partial charge in [-0.1, -0.05) is 32.9 Å². The Labute approximate surface area is 135 Å². The lowest BCUT2D eigenvalue weighted by Crippen LogP contribution is -2.18. The first-order valence-electron chi connectivity index (χ1n) is 8.02. The number of aliphatic imine (C=N–C) groups is 1. The molecule has 0 aromatic heterocycles. The fraction of sp³-hybridized carbons (Fsp3) is 0.556. The lowest BCUT2D eigenvalue weighted by atomic mass is 10.2. The fourth-order valence-corrected chi connectivity index (χ4v) is 1.62. The van der Waals surface area contributed by atoms with Crippen molar-refractivity contribution in [3.8, 4) is 0 Å². The van der Waals surface area contributed by atoms with Gasteiger partial charge >= 0.3 is 0 Å². The zero-order valence-electron chi connectivity index (χ0n) is 14.6. The van der Waals surface area contributed by atoms with Crippen LogP contribution in [-0.2, 0) is 4.79 Å². The Kier molecular flexibility index (Phi) is 17.8. The average Bonchev–Trinajstić information content (AvgIpc) is 2.60. The highest BCUT2D eigenvalue weighted by molar-refractivity contribution is 5.68. The van der Waals surface area contributed by atoms with Crippen molar-refractivity contribution in [2.24, 2.45) is 4.99 Å². The van der Waals surface area contributed by atoms with Crippen molar-refractivity contribution < 1.29 is 9.90 Å². The van der Waals surface area contributed by atoms with E-state index in [1.165, 1.54) is 0 Å². The summed E-state index contributed by atoms with van der Waals surface area (Å²) in [4.78, 5) is 16.3. The van der Waals surface area contributed by atoms with Crippen molar-refractivity contribution in [3.63, 3.8) is 0 Å². The highest BCUT2D eigenvalue weighted by Gasteiger charge is 2.04. The summed E-state index contributed by atoms with van der Waals surface area (Å²) in [5, 5.41) is 7.88. The number of para-hydroxylation sites is 2. The largest absolute Gasteiger partial charge is 0.396 e. The van der Waals surface area contributed by atoms with E-state index >= 15 is 0 Å². The van der Waals surface area contributed by atoms with Gasteiger partial charge < -0.3 is 14.8 Å². The minimum Gasteiger partial charge on any atom is -0.396 e. The van der Waals surface area contributed by atoms with Crippen molar-refractivity contribution in [1.82, 2.24) is 0 Å². The molecule has 0 bridgehead atoms. The maximum absolute atomic E-state index is 10.2. The van der Waals surface area contributed by atoms with E-state index in [1.807, 2.05) is 52.1 Å². The van der Waals surface area contributed by atoms with Crippen LogP contribution < -0.4 is 4.90 Å². The third kappa shape index (κ3) is 11.0. The van der Waals surface area contributed by atoms with Crippen LogP contribution in [0.1, 0.15) is 46.5 Å². The smallest absolute Gasteiger partial charge is 0.119 e. The van der Waals surface area contributed by atoms with E-state index in [0.29, 0.717) is 13.0 Å². The van der Waals surface area contributed by atoms with E-state index in [4.69, 9.17) is 5.11 Å². The standard InChI is InChI=1S/C13H18N2O.C3H8O.C2H6/c1-14-12-8-4-5-9-13(12)15(2)10-6-3-7-11-16;1-2-3-4;1-2/h4-5,8-9,11H,1,3,6-7,10H2,2H3;4H,2-3H2,1H3;1-2H3. The summed E-state index contributed by atoms with van der Waals surface area (Å²) in [7, 11) is 2.03. The van der Waals surface area contributed by atoms with Crippen LogP contribution in [-0.4, -0.2) is 38.3 Å². The third-order valence-electron chi connectivity index (χ3n) is 2.75. The highest BCUT2D eigenvalue weighted by Crippen LogP contribution is 2.26. The summed E-state index contributed by atoms with van der Waals surface area (Å²) >= 11 is 0. The predicted molar refractivity (Wildman–Crippen MR) is 97.6 cm³/mol. The Hall–Kier alpha value is -1.68. The topological polar surface area (TPSA) is 52.9 Å². The second kappa shape index (κ2) is 17.4. The van der Waals surface area contributed by atoms with Crippen molar-refractivity contribution >= 4 is 24.4 Å². The number of hydrogen-bond donors (Lipinski definition) is 1. The van der Waals surface area contributed by atoms with E-state index < -0.39 is 0 Å². The molecule has 0 unspecified atom stereocenters. The lowest BCUT2D eigenvalue weighted by Gasteiger charge is -2.20. The lowest BCUT2D eigenvalue weighted by molar-refractivity contribution is -0.107. The summed E-state index contributed by atoms with van der Waals surface area (Å²) < 4.78 is 0. The maximum atomic E-state index is 10.2. The molecule has 0 amide bonds. The minimum atomic E-state index is 0.319. The zero-order chi connectivity index (χ0) is 17.2. The second-order valence-electron chi connectivity index (χ2n) is 4.45. The Morgan fingerprint density at radius 2 is 1.86 bits per heavy atom. The van der Waals surface area contributed by atoms with Gasteiger partial charge in [0.2, 0.25) is 0 Å². The fourth-order valence-electron chi connectivity index (χ4n) is 1.62. The molecule has 1 aromatic rings. The van der Waals surface area contributed by atoms with Crippen molar-refractivity contribution in [2.75, 3.05) is 25.1 Å². The zero-order valence-corrected chi connectivity index (χ0v) is 14.6. The van der Waals surface area contributed by atoms with Gasteiger partial charge in [0.15, 0.2) is 0 Å². The van der Waals surface area contributed by atoms with Crippen LogP contribution in [0.2, 0.25) is 0 Å². The number of aldehydes is 1. The highest BCUT2D eigenvalue weighted by atomic mass is 16.2. The Morgan fingerprint density at radius 3 is 2.36 bits per heavy atom. The van der Waals surface area contributed by atoms with E-state index in [-0.39, 0.29) is 0 Å². The molecule has 22 heavy (non-hydrogen) atoms. The number of unbranched alkanes of at least 4 members (excludes halogenated alkanes) is 2. The molecule has 0 aliphatic carbocycles. The Morgan fingerprint density at radius 1 is 1.27 bits per heavy atom. The van der Waals surface area contributed by atoms with Gasteiger partial charge in [0, 0.05) is 26.6 Å². The predicted octanol–water partition coefficient (Wildman–Crippen LogP) is 4.24. The van der Waals surface area contributed by atoms with Gasteiger partial charge in [0.25, 0.3) is 0 Å². The summed E-state index contributed by atoms with van der Waals surface area (Å²) in [5.41, 5.74) is 1.99. The van der Waals surface area contributed by atoms with Gasteiger partial charge in [0.05, 0.1) is 11.4 Å². The number of anilines is 1. The molecule has 0 atom stereocenters. The molecule has 0 saturated heterocycles. The number of rotatable bonds is 8. The summed E-state index contributed by atoms with van der Waals surface area (Å²) in [6.45, 7) is 10.7. The molecule has 126 valence electrons. The number of hydrogen-bond acceptors (Lipinski definition) is 4. The molecule has 0 aliphatic heterocycles. The quantitative estimate of drug-likeness (QED) is 0.444. The van der Waals surface area contributed by atoms with Crippen LogP contribution in [0.15, 0.2) is 29.3 Å². The molecule has 0 aliphatic rings. The molecular weight excluding hydrogens is 276 g/mol. The molecule has 0 heterocycles. The second-order valence-corrected chi connectivity index (χ2v) is 4.45. The molecule has 0 spiro atoms. The first-order valence-corrected chi connectivity index (χ1v) is 8.02. The number of carbonyl (C=O) groups is 1. The van der Waals surface area contributed by atoms with Crippen LogP contribution >= 0.6 is 0 Å². The van der Waals surface area contributed by atoms with Crippen LogP contribution in [0.4, 0.5) is 11.4 Å². The number of carbonyl (C=O) groups excluding carboxylic acids is 1. The van der Waals surface area contributed by atoms with Crippen LogP contribution in [0.25, 0.3) is 0 Å². The van der Waals surface area contributed by atoms with E-state index in [9.17, 15) is 4.79 Å². The van der Waals surface area contributed by atoms with Gasteiger partial charge in [-0.25, -0.2) is 0 Å². The average molecular weight is 308 g/mol. The summed E-state index contributed by atoms with van der Waals surface area (Å²) in [5.74, 6) is 0. The molecular formula is C18H32N2O2. The summed E-state index contributed by atoms with van der Waals surface area (Å²) in [6, 6.07) is 7.92. The first kappa shape index (κ1) is 22.6. The number of aliphatic hydroxyl groups is 1. The van der Waals surface area contributed by atoms with Gasteiger partial charge in [-0.15, -0.1) is 0 Å². The summed E-state index contributed by atoms with van der Waals surface area (Å²) in [6.07, 6.45) is 4.45. The third-order valence-corrected chi connectivity index (χ3v) is 2.75. The molecule has 4 nitrogen and oxygen atoms in total. The maximum Gasteiger partial charge on any atom is 0.119 e. The van der Waals surface area contributed by atoms with Gasteiger partial charge in [0.1, 0.15) is 6.29 Å². The van der Waals surface area contributed by atoms with Gasteiger partial charge in [-0.05, 0) is 38.1 Å². The van der Waals surface area contributed by atoms with E-state index in [1.54, 1.807) is 0 Å². The molecule has 0 fully saturated rings. The van der Waals surface area contributed by atoms with Crippen molar-refractivity contribution in [2.45, 2.75) is 46.5 Å². The SMILES string of the molecule is C=Nc1ccccc1N(C)CCCCC=O.CC.CCCO. The molecule has 1 N–H and O–H groups in total. The molecule has 0 saturated carbocycles. The van der Waals surface area contributed by atoms with Crippen LogP contribution in [0, 0.1) is 0 Å². The number of benzene rings is 1.